The van der Waals surface area contributed by atoms with Gasteiger partial charge in [-0.15, -0.1) is 35.8 Å². The number of hydrogen-bond acceptors (Lipinski definition) is 8. The molecule has 0 saturated carbocycles. The minimum Gasteiger partial charge on any atom is -0.435 e. The fourth-order valence-electron chi connectivity index (χ4n) is 12.0. The van der Waals surface area contributed by atoms with Gasteiger partial charge < -0.3 is 9.47 Å². The quantitative estimate of drug-likeness (QED) is 0.0999. The summed E-state index contributed by atoms with van der Waals surface area (Å²) < 4.78 is 105. The Kier molecular flexibility index (Phi) is 49.5. The zero-order valence-corrected chi connectivity index (χ0v) is 93.3. The van der Waals surface area contributed by atoms with Crippen molar-refractivity contribution < 1.29 is 54.2 Å². The Hall–Kier alpha value is -8.13. The predicted octanol–water partition coefficient (Wildman–Crippen LogP) is 39.0. The van der Waals surface area contributed by atoms with Crippen molar-refractivity contribution in [3.8, 4) is 23.6 Å². The normalized spacial score (nSPS) is 12.4. The van der Waals surface area contributed by atoms with Crippen LogP contribution < -0.4 is 9.47 Å². The Morgan fingerprint density at radius 2 is 0.625 bits per heavy atom. The van der Waals surface area contributed by atoms with Crippen LogP contribution in [0.1, 0.15) is 357 Å². The van der Waals surface area contributed by atoms with Crippen LogP contribution in [-0.2, 0) is 65.7 Å². The van der Waals surface area contributed by atoms with Crippen LogP contribution in [0.4, 0.5) is 35.1 Å². The first-order chi connectivity index (χ1) is 61.6. The molecule has 0 saturated heterocycles. The number of ether oxygens (including phenoxy) is 2. The monoisotopic (exact) mass is 2040 g/mol. The second-order valence-corrected chi connectivity index (χ2v) is 49.3. The third-order valence-corrected chi connectivity index (χ3v) is 25.9. The van der Waals surface area contributed by atoms with Gasteiger partial charge in [0.25, 0.3) is 0 Å². The van der Waals surface area contributed by atoms with Gasteiger partial charge in [0.2, 0.25) is 0 Å². The number of aryl methyl sites for hydroxylation is 2. The average molecular weight is 2040 g/mol. The molecule has 2 heterocycles. The van der Waals surface area contributed by atoms with Gasteiger partial charge >= 0.3 is 19.2 Å². The zero-order valence-electron chi connectivity index (χ0n) is 87.9. The maximum absolute atomic E-state index is 12.2. The summed E-state index contributed by atoms with van der Waals surface area (Å²) in [6, 6.07) is 67.8. The maximum Gasteiger partial charge on any atom is 0.573 e. The molecule has 748 valence electrons. The Morgan fingerprint density at radius 3 is 0.890 bits per heavy atom. The molecule has 0 fully saturated rings. The zero-order chi connectivity index (χ0) is 105. The fourth-order valence-corrected chi connectivity index (χ4v) is 14.8. The molecule has 2 unspecified atom stereocenters. The number of benzene rings is 8. The van der Waals surface area contributed by atoms with E-state index in [0.717, 1.165) is 49.6 Å². The topological polar surface area (TPSA) is 100 Å². The third-order valence-electron chi connectivity index (χ3n) is 21.3. The van der Waals surface area contributed by atoms with Crippen LogP contribution >= 0.6 is 73.4 Å². The van der Waals surface area contributed by atoms with Crippen molar-refractivity contribution in [1.82, 2.24) is 0 Å². The van der Waals surface area contributed by atoms with E-state index < -0.39 is 36.5 Å². The van der Waals surface area contributed by atoms with Crippen molar-refractivity contribution in [2.45, 2.75) is 354 Å². The van der Waals surface area contributed by atoms with E-state index in [9.17, 15) is 44.7 Å². The van der Waals surface area contributed by atoms with Crippen molar-refractivity contribution in [3.05, 3.63) is 312 Å². The third kappa shape index (κ3) is 48.2. The highest BCUT2D eigenvalue weighted by Gasteiger charge is 2.33. The molecule has 2 aromatic heterocycles. The van der Waals surface area contributed by atoms with E-state index in [1.54, 1.807) is 36.4 Å². The second kappa shape index (κ2) is 53.5. The summed E-state index contributed by atoms with van der Waals surface area (Å²) in [5.41, 5.74) is 14.7. The molecule has 0 aliphatic heterocycles. The van der Waals surface area contributed by atoms with Crippen LogP contribution in [0.15, 0.2) is 211 Å². The number of nitriles is 2. The molecule has 0 bridgehead atoms. The summed E-state index contributed by atoms with van der Waals surface area (Å²) in [7, 11) is 0. The first-order valence-corrected chi connectivity index (χ1v) is 49.5. The maximum atomic E-state index is 12.2. The van der Waals surface area contributed by atoms with E-state index in [4.69, 9.17) is 45.3 Å². The molecule has 0 radical (unpaired) electrons. The Morgan fingerprint density at radius 1 is 0.346 bits per heavy atom. The minimum absolute atomic E-state index is 0.0187. The van der Waals surface area contributed by atoms with E-state index in [0.29, 0.717) is 27.8 Å². The lowest BCUT2D eigenvalue weighted by molar-refractivity contribution is -0.274. The van der Waals surface area contributed by atoms with Gasteiger partial charge in [0.05, 0.1) is 37.5 Å². The van der Waals surface area contributed by atoms with E-state index in [2.05, 4.69) is 317 Å². The van der Waals surface area contributed by atoms with Gasteiger partial charge in [0, 0.05) is 19.2 Å². The number of halogens is 12. The van der Waals surface area contributed by atoms with Crippen molar-refractivity contribution >= 4 is 85.0 Å². The van der Waals surface area contributed by atoms with E-state index in [-0.39, 0.29) is 82.6 Å². The summed E-state index contributed by atoms with van der Waals surface area (Å²) >= 11 is 23.9. The average Bonchev–Trinajstić information content (AvgIpc) is 1.76. The molecule has 0 aliphatic rings. The molecular weight excluding hydrogens is 1890 g/mol. The van der Waals surface area contributed by atoms with E-state index in [1.807, 2.05) is 110 Å². The van der Waals surface area contributed by atoms with Gasteiger partial charge in [-0.3, -0.25) is 9.59 Å². The summed E-state index contributed by atoms with van der Waals surface area (Å²) in [6.45, 7) is 76.1. The highest BCUT2D eigenvalue weighted by molar-refractivity contribution is 9.10. The lowest BCUT2D eigenvalue weighted by atomic mass is 9.82. The minimum atomic E-state index is -4.62. The number of ketones is 2. The van der Waals surface area contributed by atoms with Crippen molar-refractivity contribution in [2.24, 2.45) is 11.8 Å². The summed E-state index contributed by atoms with van der Waals surface area (Å²) in [5, 5.41) is 19.9. The van der Waals surface area contributed by atoms with E-state index in [1.165, 1.54) is 101 Å². The number of carbonyl (C=O) groups excluding carboxylic acids is 2. The summed E-state index contributed by atoms with van der Waals surface area (Å²) in [4.78, 5) is 27.8. The molecule has 0 aliphatic carbocycles. The lowest BCUT2D eigenvalue weighted by Gasteiger charge is -2.23. The Bertz CT molecular complexity index is 5070. The van der Waals surface area contributed by atoms with Crippen LogP contribution in [0.2, 0.25) is 15.1 Å². The molecule has 10 aromatic rings. The van der Waals surface area contributed by atoms with Gasteiger partial charge in [-0.2, -0.15) is 32.5 Å². The number of hydrogen-bond donors (Lipinski definition) is 0. The van der Waals surface area contributed by atoms with E-state index >= 15 is 0 Å². The van der Waals surface area contributed by atoms with Gasteiger partial charge in [0.15, 0.2) is 11.6 Å². The molecular formula is C116H154BrCl3F8N2O4S2. The lowest BCUT2D eigenvalue weighted by Crippen LogP contribution is -2.17. The highest BCUT2D eigenvalue weighted by Crippen LogP contribution is 2.38. The van der Waals surface area contributed by atoms with Gasteiger partial charge in [-0.1, -0.05) is 409 Å². The Labute approximate surface area is 845 Å². The van der Waals surface area contributed by atoms with Crippen LogP contribution in [0.3, 0.4) is 0 Å². The molecule has 20 heteroatoms. The van der Waals surface area contributed by atoms with Gasteiger partial charge in [0.1, 0.15) is 23.3 Å². The van der Waals surface area contributed by atoms with Crippen LogP contribution in [0, 0.1) is 48.3 Å². The molecule has 136 heavy (non-hydrogen) atoms. The molecule has 0 spiro atoms. The summed E-state index contributed by atoms with van der Waals surface area (Å²) in [6.07, 6.45) is -6.77. The first-order valence-electron chi connectivity index (χ1n) is 46.0. The van der Waals surface area contributed by atoms with Crippen molar-refractivity contribution in [3.63, 3.8) is 0 Å². The van der Waals surface area contributed by atoms with Crippen LogP contribution in [-0.4, -0.2) is 24.5 Å². The molecule has 0 N–H and O–H groups in total. The number of rotatable bonds is 10. The van der Waals surface area contributed by atoms with Gasteiger partial charge in [-0.25, -0.2) is 0 Å². The highest BCUT2D eigenvalue weighted by atomic mass is 79.9. The standard InChI is InChI=1S/C14H19NOS.C14H22.C13H17NOS.C12H18.C11H13F3O.C11H13F3.C11H14F2O.C10H13Br.C10H12Cl2.C10H13Cl/c1-5-6-10(9-15)13(16)11-7-8-12(17-11)14(2,3)4;1-13(2,3)11-7-9-12(10-8-11)14(4,5)6;1-5-9(8-14)12(15)10-6-7-11(16-10)13(2,3)4;1-9-6-7-11(8-10(9)2)12(3,4)5;1-10(2,3)8-4-6-9(7-5-8)15-11(12,13)14;1-10(2,3)8-4-6-9(7-5-8)11(12,13)14;1-11(2,3)8-4-6-9(7-5-8)14-10(12)13;1-10(2,3)8-4-6-9(11)7-5-8;1-10(2,3)7-4-5-8(11)9(12)6-7;1-10(2,3)8-4-6-9(11)7-5-8/h7-8,10H,5-6H2,1-4H3;7-10H,1-6H3;6-7,9H,5H2,1-4H3;6-8H,1-5H3;4-7H,1-3H3;4-7H,1-3H3;4-7,10H,1-3H3;4-7H,1-3H3;4-6H,1-3H3;4-7H,1-3H3. The number of thiophene rings is 2. The fraction of sp³-hybridized carbons (Fsp3) is 0.483. The number of carbonyl (C=O) groups is 2. The Balaban J connectivity index is 0.000000757. The smallest absolute Gasteiger partial charge is 0.435 e. The van der Waals surface area contributed by atoms with Crippen LogP contribution in [0.5, 0.6) is 11.5 Å². The predicted molar refractivity (Wildman–Crippen MR) is 568 cm³/mol. The van der Waals surface area contributed by atoms with Crippen LogP contribution in [0.25, 0.3) is 0 Å². The second-order valence-electron chi connectivity index (χ2n) is 44.9. The largest absolute Gasteiger partial charge is 0.573 e. The molecule has 0 amide bonds. The van der Waals surface area contributed by atoms with Crippen molar-refractivity contribution in [2.75, 3.05) is 0 Å². The molecule has 10 rings (SSSR count). The SMILES string of the molecule is CC(C)(C)c1ccc(Br)cc1.CC(C)(C)c1ccc(C(C)(C)C)cc1.CC(C)(C)c1ccc(C(F)(F)F)cc1.CC(C)(C)c1ccc(Cl)c(Cl)c1.CC(C)(C)c1ccc(Cl)cc1.CC(C)(C)c1ccc(OC(F)(F)F)cc1.CC(C)(C)c1ccc(OC(F)F)cc1.CCC(C#N)C(=O)c1ccc(C(C)(C)C)s1.CCCC(C#N)C(=O)c1ccc(C(C)(C)C)s1.Cc1ccc(C(C)(C)C)cc1C. The number of alkyl halides is 8. The number of nitrogens with zero attached hydrogens (tertiary/aromatic N) is 2. The molecule has 2 atom stereocenters. The molecule has 6 nitrogen and oxygen atoms in total. The first kappa shape index (κ1) is 126. The number of Topliss-reactive ketones (excluding diaryl/α,β-unsaturated/α-hetero) is 2. The van der Waals surface area contributed by atoms with Gasteiger partial charge in [-0.05, 0) is 245 Å². The molecule has 8 aromatic carbocycles. The summed E-state index contributed by atoms with van der Waals surface area (Å²) in [5.74, 6) is -1.01. The van der Waals surface area contributed by atoms with Crippen molar-refractivity contribution in [1.29, 1.82) is 10.5 Å².